The molecule has 0 aliphatic carbocycles. The van der Waals surface area contributed by atoms with Gasteiger partial charge < -0.3 is 14.7 Å². The topological polar surface area (TPSA) is 115 Å². The van der Waals surface area contributed by atoms with Crippen molar-refractivity contribution in [3.63, 3.8) is 0 Å². The first-order valence-electron chi connectivity index (χ1n) is 14.6. The van der Waals surface area contributed by atoms with Gasteiger partial charge in [-0.25, -0.2) is 9.78 Å². The zero-order valence-electron chi connectivity index (χ0n) is 24.7. The number of nitrogens with one attached hydrogen (secondary N) is 1. The Kier molecular flexibility index (Phi) is 9.99. The summed E-state index contributed by atoms with van der Waals surface area (Å²) >= 11 is 0. The van der Waals surface area contributed by atoms with Crippen LogP contribution in [0.5, 0.6) is 0 Å². The fraction of sp³-hybridized carbons (Fsp3) is 0.548. The summed E-state index contributed by atoms with van der Waals surface area (Å²) in [4.78, 5) is 48.1. The molecule has 10 nitrogen and oxygen atoms in total. The van der Waals surface area contributed by atoms with E-state index in [4.69, 9.17) is 9.84 Å². The number of anilines is 1. The number of hydrogen-bond acceptors (Lipinski definition) is 7. The lowest BCUT2D eigenvalue weighted by molar-refractivity contribution is -0.138. The van der Waals surface area contributed by atoms with Crippen molar-refractivity contribution in [1.29, 1.82) is 0 Å². The maximum absolute atomic E-state index is 13.7. The molecule has 222 valence electrons. The van der Waals surface area contributed by atoms with Crippen molar-refractivity contribution in [2.45, 2.75) is 52.6 Å². The van der Waals surface area contributed by atoms with Gasteiger partial charge in [-0.05, 0) is 76.2 Å². The van der Waals surface area contributed by atoms with E-state index in [1.54, 1.807) is 37.9 Å². The highest BCUT2D eigenvalue weighted by molar-refractivity contribution is 6.01. The molecular weight excluding hydrogens is 522 g/mol. The first kappa shape index (κ1) is 30.5. The third-order valence-corrected chi connectivity index (χ3v) is 7.64. The number of rotatable bonds is 8. The minimum atomic E-state index is -0.775. The molecular formula is C31H43N5O5. The predicted molar refractivity (Wildman–Crippen MR) is 158 cm³/mol. The first-order chi connectivity index (χ1) is 19.5. The zero-order valence-corrected chi connectivity index (χ0v) is 24.7. The molecule has 10 heteroatoms. The van der Waals surface area contributed by atoms with Crippen LogP contribution in [-0.2, 0) is 16.0 Å². The van der Waals surface area contributed by atoms with Crippen LogP contribution in [0.3, 0.4) is 0 Å². The number of hydrogen-bond donors (Lipinski definition) is 2. The number of piperazine rings is 1. The molecule has 0 unspecified atom stereocenters. The molecule has 2 saturated heterocycles. The van der Waals surface area contributed by atoms with Crippen LogP contribution in [-0.4, -0.2) is 101 Å². The third-order valence-electron chi connectivity index (χ3n) is 7.64. The van der Waals surface area contributed by atoms with Crippen LogP contribution < -0.4 is 5.32 Å². The van der Waals surface area contributed by atoms with Gasteiger partial charge in [-0.15, -0.1) is 0 Å². The summed E-state index contributed by atoms with van der Waals surface area (Å²) in [6.07, 6.45) is 3.94. The number of benzene rings is 1. The fourth-order valence-electron chi connectivity index (χ4n) is 5.44. The number of ether oxygens (including phenoxy) is 1. The molecule has 0 saturated carbocycles. The Morgan fingerprint density at radius 1 is 1.00 bits per heavy atom. The van der Waals surface area contributed by atoms with E-state index < -0.39 is 17.7 Å². The number of aromatic nitrogens is 1. The maximum atomic E-state index is 13.7. The summed E-state index contributed by atoms with van der Waals surface area (Å²) in [7, 11) is 0. The molecule has 41 heavy (non-hydrogen) atoms. The normalized spacial score (nSPS) is 17.3. The quantitative estimate of drug-likeness (QED) is 0.489. The fourth-order valence-corrected chi connectivity index (χ4v) is 5.44. The number of carbonyl (C=O) groups excluding carboxylic acids is 2. The number of pyridine rings is 1. The molecule has 4 rings (SSSR count). The Bertz CT molecular complexity index is 1230. The molecule has 1 aromatic heterocycles. The van der Waals surface area contributed by atoms with Crippen molar-refractivity contribution in [2.24, 2.45) is 5.92 Å². The van der Waals surface area contributed by atoms with Gasteiger partial charge in [0.05, 0.1) is 12.2 Å². The van der Waals surface area contributed by atoms with Crippen LogP contribution in [0.15, 0.2) is 36.5 Å². The van der Waals surface area contributed by atoms with Crippen molar-refractivity contribution in [3.8, 4) is 11.1 Å². The van der Waals surface area contributed by atoms with Crippen molar-refractivity contribution < 1.29 is 24.2 Å². The summed E-state index contributed by atoms with van der Waals surface area (Å²) in [5.41, 5.74) is 2.81. The lowest BCUT2D eigenvalue weighted by Gasteiger charge is -2.38. The Labute approximate surface area is 242 Å². The van der Waals surface area contributed by atoms with Crippen LogP contribution in [0.2, 0.25) is 0 Å². The smallest absolute Gasteiger partial charge is 0.412 e. The monoisotopic (exact) mass is 565 g/mol. The highest BCUT2D eigenvalue weighted by Crippen LogP contribution is 2.27. The SMILES string of the molecule is CCc1cccc(-c2cnc(C(=O)N3CCN(CC4CCN(CC(=O)O)CC4)CC3)c(NC(=O)OC(C)(C)C)c2)c1. The average Bonchev–Trinajstić information content (AvgIpc) is 2.93. The number of aliphatic carboxylic acids is 1. The standard InChI is InChI=1S/C31H43N5O5/c1-5-22-7-6-8-24(17-22)25-18-26(33-30(40)41-31(2,3)4)28(32-19-25)29(39)36-15-13-35(14-16-36)20-23-9-11-34(12-10-23)21-27(37)38/h6-8,17-19,23H,5,9-16,20-21H2,1-4H3,(H,33,40)(H,37,38). The summed E-state index contributed by atoms with van der Waals surface area (Å²) in [6.45, 7) is 12.8. The van der Waals surface area contributed by atoms with Crippen LogP contribution in [0, 0.1) is 5.92 Å². The van der Waals surface area contributed by atoms with E-state index in [-0.39, 0.29) is 18.1 Å². The van der Waals surface area contributed by atoms with Crippen LogP contribution >= 0.6 is 0 Å². The number of likely N-dealkylation sites (tertiary alicyclic amines) is 1. The second-order valence-corrected chi connectivity index (χ2v) is 12.0. The number of aryl methyl sites for hydroxylation is 1. The van der Waals surface area contributed by atoms with E-state index in [9.17, 15) is 14.4 Å². The van der Waals surface area contributed by atoms with Gasteiger partial charge in [0.1, 0.15) is 5.60 Å². The lowest BCUT2D eigenvalue weighted by atomic mass is 9.96. The zero-order chi connectivity index (χ0) is 29.6. The van der Waals surface area contributed by atoms with E-state index in [1.165, 1.54) is 5.56 Å². The lowest BCUT2D eigenvalue weighted by Crippen LogP contribution is -2.50. The molecule has 2 aliphatic rings. The Morgan fingerprint density at radius 3 is 2.34 bits per heavy atom. The summed E-state index contributed by atoms with van der Waals surface area (Å²) in [5, 5.41) is 11.8. The van der Waals surface area contributed by atoms with Gasteiger partial charge in [0.2, 0.25) is 0 Å². The van der Waals surface area contributed by atoms with Crippen LogP contribution in [0.4, 0.5) is 10.5 Å². The van der Waals surface area contributed by atoms with Crippen LogP contribution in [0.25, 0.3) is 11.1 Å². The molecule has 2 aromatic rings. The second-order valence-electron chi connectivity index (χ2n) is 12.0. The van der Waals surface area contributed by atoms with E-state index in [0.29, 0.717) is 24.7 Å². The van der Waals surface area contributed by atoms with Crippen molar-refractivity contribution >= 4 is 23.7 Å². The summed E-state index contributed by atoms with van der Waals surface area (Å²) in [5.74, 6) is -0.456. The maximum Gasteiger partial charge on any atom is 0.412 e. The van der Waals surface area contributed by atoms with Gasteiger partial charge in [0, 0.05) is 44.5 Å². The predicted octanol–water partition coefficient (Wildman–Crippen LogP) is 4.21. The number of nitrogens with zero attached hydrogens (tertiary/aromatic N) is 4. The number of carboxylic acids is 1. The molecule has 2 fully saturated rings. The van der Waals surface area contributed by atoms with Gasteiger partial charge in [0.25, 0.3) is 5.91 Å². The minimum absolute atomic E-state index is 0.110. The highest BCUT2D eigenvalue weighted by atomic mass is 16.6. The number of carbonyl (C=O) groups is 3. The largest absolute Gasteiger partial charge is 0.480 e. The molecule has 2 N–H and O–H groups in total. The van der Waals surface area contributed by atoms with Gasteiger partial charge in [0.15, 0.2) is 5.69 Å². The van der Waals surface area contributed by atoms with Crippen molar-refractivity contribution in [3.05, 3.63) is 47.8 Å². The van der Waals surface area contributed by atoms with E-state index in [0.717, 1.165) is 63.1 Å². The molecule has 0 spiro atoms. The van der Waals surface area contributed by atoms with Crippen LogP contribution in [0.1, 0.15) is 56.6 Å². The number of amides is 2. The number of piperidine rings is 1. The van der Waals surface area contributed by atoms with E-state index in [2.05, 4.69) is 34.3 Å². The molecule has 1 aromatic carbocycles. The van der Waals surface area contributed by atoms with Gasteiger partial charge in [-0.2, -0.15) is 0 Å². The van der Waals surface area contributed by atoms with Gasteiger partial charge >= 0.3 is 12.1 Å². The highest BCUT2D eigenvalue weighted by Gasteiger charge is 2.29. The summed E-state index contributed by atoms with van der Waals surface area (Å²) < 4.78 is 5.47. The Balaban J connectivity index is 1.42. The molecule has 3 heterocycles. The summed E-state index contributed by atoms with van der Waals surface area (Å²) in [6, 6.07) is 9.94. The Morgan fingerprint density at radius 2 is 1.71 bits per heavy atom. The molecule has 0 bridgehead atoms. The second kappa shape index (κ2) is 13.4. The third kappa shape index (κ3) is 8.74. The molecule has 2 amide bonds. The van der Waals surface area contributed by atoms with E-state index in [1.807, 2.05) is 17.0 Å². The first-order valence-corrected chi connectivity index (χ1v) is 14.6. The van der Waals surface area contributed by atoms with Gasteiger partial charge in [-0.1, -0.05) is 31.2 Å². The average molecular weight is 566 g/mol. The minimum Gasteiger partial charge on any atom is -0.480 e. The molecule has 0 radical (unpaired) electrons. The van der Waals surface area contributed by atoms with Crippen molar-refractivity contribution in [1.82, 2.24) is 19.7 Å². The molecule has 0 atom stereocenters. The van der Waals surface area contributed by atoms with E-state index >= 15 is 0 Å². The Hall–Kier alpha value is -3.50. The van der Waals surface area contributed by atoms with Crippen molar-refractivity contribution in [2.75, 3.05) is 57.7 Å². The molecule has 2 aliphatic heterocycles. The number of carboxylic acid groups (broad SMARTS) is 1. The van der Waals surface area contributed by atoms with Gasteiger partial charge in [-0.3, -0.25) is 24.7 Å².